The van der Waals surface area contributed by atoms with Gasteiger partial charge in [-0.3, -0.25) is 9.97 Å². The molecule has 0 spiro atoms. The molecule has 10 heteroatoms. The fraction of sp³-hybridized carbons (Fsp3) is 0.400. The van der Waals surface area contributed by atoms with E-state index in [2.05, 4.69) is 15.0 Å². The van der Waals surface area contributed by atoms with E-state index >= 15 is 0 Å². The number of aryl methyl sites for hydroxylation is 2. The zero-order chi connectivity index (χ0) is 28.1. The van der Waals surface area contributed by atoms with Gasteiger partial charge >= 0.3 is 12.3 Å². The first-order valence-corrected chi connectivity index (χ1v) is 14.0. The number of carbonyl (C=O) groups excluding carboxylic acids is 1. The van der Waals surface area contributed by atoms with Crippen molar-refractivity contribution in [3.05, 3.63) is 88.2 Å². The van der Waals surface area contributed by atoms with E-state index in [9.17, 15) is 18.0 Å². The summed E-state index contributed by atoms with van der Waals surface area (Å²) in [6, 6.07) is 8.11. The van der Waals surface area contributed by atoms with Gasteiger partial charge in [0.1, 0.15) is 17.4 Å². The molecule has 1 aliphatic rings. The quantitative estimate of drug-likeness (QED) is 0.235. The molecule has 6 nitrogen and oxygen atoms in total. The van der Waals surface area contributed by atoms with Gasteiger partial charge in [-0.05, 0) is 73.4 Å². The summed E-state index contributed by atoms with van der Waals surface area (Å²) in [5, 5.41) is 1.26. The van der Waals surface area contributed by atoms with E-state index in [1.807, 2.05) is 12.1 Å². The van der Waals surface area contributed by atoms with Crippen molar-refractivity contribution in [3.8, 4) is 0 Å². The predicted molar refractivity (Wildman–Crippen MR) is 146 cm³/mol. The Kier molecular flexibility index (Phi) is 8.69. The highest BCUT2D eigenvalue weighted by Crippen LogP contribution is 2.28. The summed E-state index contributed by atoms with van der Waals surface area (Å²) in [6.07, 6.45) is 10.4. The summed E-state index contributed by atoms with van der Waals surface area (Å²) in [6.45, 7) is 0. The maximum atomic E-state index is 13.2. The van der Waals surface area contributed by atoms with E-state index in [1.54, 1.807) is 18.5 Å². The van der Waals surface area contributed by atoms with E-state index in [0.29, 0.717) is 35.5 Å². The van der Waals surface area contributed by atoms with Crippen LogP contribution in [0.25, 0.3) is 11.0 Å². The smallest absolute Gasteiger partial charge is 0.433 e. The van der Waals surface area contributed by atoms with Crippen molar-refractivity contribution < 1.29 is 22.7 Å². The number of pyridine rings is 3. The van der Waals surface area contributed by atoms with Crippen LogP contribution < -0.4 is 0 Å². The summed E-state index contributed by atoms with van der Waals surface area (Å²) in [7, 11) is 0. The Morgan fingerprint density at radius 1 is 0.925 bits per heavy atom. The molecule has 0 bridgehead atoms. The van der Waals surface area contributed by atoms with Crippen LogP contribution in [0, 0.1) is 0 Å². The Hall–Kier alpha value is -3.46. The third kappa shape index (κ3) is 6.99. The molecule has 0 amide bonds. The van der Waals surface area contributed by atoms with Gasteiger partial charge in [-0.1, -0.05) is 43.0 Å². The number of aromatic nitrogens is 4. The molecule has 1 fully saturated rings. The van der Waals surface area contributed by atoms with Gasteiger partial charge in [0, 0.05) is 42.3 Å². The molecule has 40 heavy (non-hydrogen) atoms. The first kappa shape index (κ1) is 28.1. The summed E-state index contributed by atoms with van der Waals surface area (Å²) < 4.78 is 45.5. The lowest BCUT2D eigenvalue weighted by Crippen LogP contribution is -2.23. The maximum Gasteiger partial charge on any atom is 0.433 e. The van der Waals surface area contributed by atoms with Crippen molar-refractivity contribution in [1.82, 2.24) is 19.5 Å². The van der Waals surface area contributed by atoms with E-state index in [-0.39, 0.29) is 6.10 Å². The third-order valence-electron chi connectivity index (χ3n) is 7.27. The van der Waals surface area contributed by atoms with Gasteiger partial charge < -0.3 is 4.74 Å². The molecule has 1 aliphatic carbocycles. The molecule has 0 aliphatic heterocycles. The molecule has 0 atom stereocenters. The normalized spacial score (nSPS) is 15.1. The van der Waals surface area contributed by atoms with Crippen LogP contribution in [0.2, 0.25) is 5.02 Å². The fourth-order valence-electron chi connectivity index (χ4n) is 5.10. The number of hydrogen-bond acceptors (Lipinski definition) is 5. The van der Waals surface area contributed by atoms with E-state index in [1.165, 1.54) is 42.3 Å². The minimum Gasteiger partial charge on any atom is -0.446 e. The topological polar surface area (TPSA) is 69.9 Å². The minimum atomic E-state index is -4.45. The molecule has 4 heterocycles. The Morgan fingerprint density at radius 3 is 2.33 bits per heavy atom. The first-order chi connectivity index (χ1) is 19.3. The van der Waals surface area contributed by atoms with Crippen molar-refractivity contribution in [3.63, 3.8) is 0 Å². The van der Waals surface area contributed by atoms with Crippen molar-refractivity contribution in [1.29, 1.82) is 0 Å². The lowest BCUT2D eigenvalue weighted by molar-refractivity contribution is -0.141. The van der Waals surface area contributed by atoms with Crippen molar-refractivity contribution in [2.24, 2.45) is 0 Å². The molecular weight excluding hydrogens is 541 g/mol. The summed E-state index contributed by atoms with van der Waals surface area (Å²) in [4.78, 5) is 25.6. The van der Waals surface area contributed by atoms with E-state index < -0.39 is 18.0 Å². The highest BCUT2D eigenvalue weighted by atomic mass is 35.5. The summed E-state index contributed by atoms with van der Waals surface area (Å²) in [5.74, 6) is 0. The van der Waals surface area contributed by atoms with Gasteiger partial charge in [0.2, 0.25) is 0 Å². The second kappa shape index (κ2) is 12.4. The minimum absolute atomic E-state index is 0.0869. The lowest BCUT2D eigenvalue weighted by Gasteiger charge is -2.20. The number of ether oxygens (including phenoxy) is 1. The van der Waals surface area contributed by atoms with Crippen LogP contribution in [0.1, 0.15) is 73.0 Å². The number of carbonyl (C=O) groups is 1. The average Bonchev–Trinajstić information content (AvgIpc) is 3.27. The monoisotopic (exact) mass is 570 g/mol. The Morgan fingerprint density at radius 2 is 1.65 bits per heavy atom. The largest absolute Gasteiger partial charge is 0.446 e. The Bertz CT molecular complexity index is 1450. The Labute approximate surface area is 235 Å². The zero-order valence-electron chi connectivity index (χ0n) is 22.0. The van der Waals surface area contributed by atoms with Crippen LogP contribution in [-0.4, -0.2) is 31.7 Å². The number of rotatable bonds is 6. The van der Waals surface area contributed by atoms with Gasteiger partial charge in [0.15, 0.2) is 0 Å². The van der Waals surface area contributed by atoms with Crippen LogP contribution >= 0.6 is 11.6 Å². The van der Waals surface area contributed by atoms with Gasteiger partial charge in [-0.2, -0.15) is 13.2 Å². The molecule has 0 unspecified atom stereocenters. The van der Waals surface area contributed by atoms with Crippen molar-refractivity contribution in [2.75, 3.05) is 0 Å². The van der Waals surface area contributed by atoms with Crippen molar-refractivity contribution in [2.45, 2.75) is 76.5 Å². The molecule has 0 radical (unpaired) electrons. The molecule has 4 aromatic rings. The van der Waals surface area contributed by atoms with Crippen LogP contribution in [0.4, 0.5) is 18.0 Å². The lowest BCUT2D eigenvalue weighted by atomic mass is 9.99. The molecule has 210 valence electrons. The number of hydrogen-bond donors (Lipinski definition) is 0. The number of halogens is 4. The second-order valence-electron chi connectivity index (χ2n) is 10.3. The van der Waals surface area contributed by atoms with Gasteiger partial charge in [0.25, 0.3) is 0 Å². The van der Waals surface area contributed by atoms with Crippen LogP contribution in [0.5, 0.6) is 0 Å². The molecule has 0 aromatic carbocycles. The fourth-order valence-corrected chi connectivity index (χ4v) is 5.26. The number of alkyl halides is 3. The van der Waals surface area contributed by atoms with Gasteiger partial charge in [0.05, 0.1) is 5.02 Å². The standard InChI is InChI=1S/C30H30ClF3N4O2/c31-23-15-26-22(19-38(28(26)37-18-23)29(39)40-25-6-4-2-1-3-5-7-25)14-21-9-12-24(35-17-21)11-8-20-10-13-27(36-16-20)30(32,33)34/h9-10,12-13,15-19,25H,1-8,11,14H2. The van der Waals surface area contributed by atoms with Crippen LogP contribution in [0.15, 0.2) is 55.1 Å². The molecule has 0 N–H and O–H groups in total. The highest BCUT2D eigenvalue weighted by Gasteiger charge is 2.32. The number of fused-ring (bicyclic) bond motifs is 1. The molecule has 4 aromatic heterocycles. The van der Waals surface area contributed by atoms with Crippen LogP contribution in [0.3, 0.4) is 0 Å². The number of nitrogens with zero attached hydrogens (tertiary/aromatic N) is 4. The van der Waals surface area contributed by atoms with E-state index in [4.69, 9.17) is 16.3 Å². The first-order valence-electron chi connectivity index (χ1n) is 13.6. The molecule has 0 saturated heterocycles. The van der Waals surface area contributed by atoms with Crippen LogP contribution in [-0.2, 0) is 30.2 Å². The highest BCUT2D eigenvalue weighted by molar-refractivity contribution is 6.31. The predicted octanol–water partition coefficient (Wildman–Crippen LogP) is 7.97. The zero-order valence-corrected chi connectivity index (χ0v) is 22.7. The Balaban J connectivity index is 1.27. The molecule has 1 saturated carbocycles. The average molecular weight is 571 g/mol. The summed E-state index contributed by atoms with van der Waals surface area (Å²) >= 11 is 6.25. The molecular formula is C30H30ClF3N4O2. The van der Waals surface area contributed by atoms with Gasteiger partial charge in [-0.25, -0.2) is 14.3 Å². The SMILES string of the molecule is O=C(OC1CCCCCCC1)n1cc(Cc2ccc(CCc3ccc(C(F)(F)F)nc3)nc2)c2cc(Cl)cnc21. The third-order valence-corrected chi connectivity index (χ3v) is 7.48. The van der Waals surface area contributed by atoms with E-state index in [0.717, 1.165) is 54.0 Å². The second-order valence-corrected chi connectivity index (χ2v) is 10.7. The van der Waals surface area contributed by atoms with Gasteiger partial charge in [-0.15, -0.1) is 0 Å². The van der Waals surface area contributed by atoms with Crippen molar-refractivity contribution >= 4 is 28.7 Å². The molecule has 5 rings (SSSR count). The maximum absolute atomic E-state index is 13.2. The summed E-state index contributed by atoms with van der Waals surface area (Å²) in [5.41, 5.74) is 2.95.